The van der Waals surface area contributed by atoms with Crippen molar-refractivity contribution in [3.8, 4) is 0 Å². The molecule has 1 aromatic rings. The Labute approximate surface area is 104 Å². The Balaban J connectivity index is 2.26. The Morgan fingerprint density at radius 1 is 1.33 bits per heavy atom. The van der Waals surface area contributed by atoms with Gasteiger partial charge >= 0.3 is 0 Å². The zero-order valence-corrected chi connectivity index (χ0v) is 10.4. The molecule has 0 spiro atoms. The highest BCUT2D eigenvalue weighted by atomic mass is 32.2. The fourth-order valence-corrected chi connectivity index (χ4v) is 3.58. The van der Waals surface area contributed by atoms with E-state index in [2.05, 4.69) is 10.3 Å². The van der Waals surface area contributed by atoms with E-state index >= 15 is 0 Å². The summed E-state index contributed by atoms with van der Waals surface area (Å²) in [6, 6.07) is 2.37. The molecule has 1 aliphatic rings. The molecule has 0 saturated carbocycles. The standard InChI is InChI=1S/C10H13N3O4S/c14-13(15)8-1-2-10(12-7-8)18(16,17)9-3-5-11-6-4-9/h1-2,7,9,11H,3-6H2. The van der Waals surface area contributed by atoms with Gasteiger partial charge < -0.3 is 5.32 Å². The minimum Gasteiger partial charge on any atom is -0.317 e. The van der Waals surface area contributed by atoms with Crippen molar-refractivity contribution >= 4 is 15.5 Å². The van der Waals surface area contributed by atoms with E-state index < -0.39 is 20.0 Å². The number of aromatic nitrogens is 1. The zero-order chi connectivity index (χ0) is 13.2. The molecule has 0 aromatic carbocycles. The number of nitrogens with one attached hydrogen (secondary N) is 1. The zero-order valence-electron chi connectivity index (χ0n) is 9.57. The van der Waals surface area contributed by atoms with Crippen LogP contribution >= 0.6 is 0 Å². The molecular formula is C10H13N3O4S. The van der Waals surface area contributed by atoms with Gasteiger partial charge in [-0.2, -0.15) is 0 Å². The second-order valence-electron chi connectivity index (χ2n) is 4.11. The van der Waals surface area contributed by atoms with E-state index in [9.17, 15) is 18.5 Å². The first-order chi connectivity index (χ1) is 8.51. The average Bonchev–Trinajstić information content (AvgIpc) is 2.40. The molecule has 7 nitrogen and oxygen atoms in total. The fourth-order valence-electron chi connectivity index (χ4n) is 1.93. The minimum atomic E-state index is -3.48. The summed E-state index contributed by atoms with van der Waals surface area (Å²) >= 11 is 0. The molecule has 98 valence electrons. The average molecular weight is 271 g/mol. The largest absolute Gasteiger partial charge is 0.317 e. The topological polar surface area (TPSA) is 102 Å². The van der Waals surface area contributed by atoms with Crippen LogP contribution < -0.4 is 5.32 Å². The molecule has 1 aliphatic heterocycles. The Kier molecular flexibility index (Phi) is 3.58. The quantitative estimate of drug-likeness (QED) is 0.635. The number of hydrogen-bond acceptors (Lipinski definition) is 6. The maximum Gasteiger partial charge on any atom is 0.287 e. The molecule has 0 bridgehead atoms. The summed E-state index contributed by atoms with van der Waals surface area (Å²) in [5.74, 6) is 0. The van der Waals surface area contributed by atoms with E-state index in [4.69, 9.17) is 0 Å². The van der Waals surface area contributed by atoms with Crippen LogP contribution in [0.5, 0.6) is 0 Å². The summed E-state index contributed by atoms with van der Waals surface area (Å²) < 4.78 is 24.4. The molecular weight excluding hydrogens is 258 g/mol. The van der Waals surface area contributed by atoms with Gasteiger partial charge in [-0.05, 0) is 32.0 Å². The van der Waals surface area contributed by atoms with Gasteiger partial charge in [0.2, 0.25) is 0 Å². The van der Waals surface area contributed by atoms with Crippen LogP contribution in [0.4, 0.5) is 5.69 Å². The molecule has 0 radical (unpaired) electrons. The summed E-state index contributed by atoms with van der Waals surface area (Å²) in [7, 11) is -3.48. The molecule has 0 aliphatic carbocycles. The van der Waals surface area contributed by atoms with Gasteiger partial charge in [-0.3, -0.25) is 10.1 Å². The molecule has 1 aromatic heterocycles. The maximum atomic E-state index is 12.2. The number of hydrogen-bond donors (Lipinski definition) is 1. The third kappa shape index (κ3) is 2.49. The third-order valence-corrected chi connectivity index (χ3v) is 5.12. The van der Waals surface area contributed by atoms with Crippen molar-refractivity contribution in [2.75, 3.05) is 13.1 Å². The SMILES string of the molecule is O=[N+]([O-])c1ccc(S(=O)(=O)C2CCNCC2)nc1. The van der Waals surface area contributed by atoms with E-state index in [0.717, 1.165) is 6.20 Å². The van der Waals surface area contributed by atoms with Gasteiger partial charge in [0.25, 0.3) is 5.69 Å². The summed E-state index contributed by atoms with van der Waals surface area (Å²) in [6.07, 6.45) is 2.07. The second kappa shape index (κ2) is 4.99. The number of piperidine rings is 1. The van der Waals surface area contributed by atoms with Crippen molar-refractivity contribution in [1.29, 1.82) is 0 Å². The third-order valence-electron chi connectivity index (χ3n) is 2.95. The van der Waals surface area contributed by atoms with Gasteiger partial charge in [-0.25, -0.2) is 13.4 Å². The highest BCUT2D eigenvalue weighted by Gasteiger charge is 2.30. The van der Waals surface area contributed by atoms with E-state index in [1.54, 1.807) is 0 Å². The van der Waals surface area contributed by atoms with E-state index in [1.807, 2.05) is 0 Å². The summed E-state index contributed by atoms with van der Waals surface area (Å²) in [5, 5.41) is 13.0. The van der Waals surface area contributed by atoms with Gasteiger partial charge in [0.1, 0.15) is 6.20 Å². The van der Waals surface area contributed by atoms with Gasteiger partial charge in [0.15, 0.2) is 14.9 Å². The van der Waals surface area contributed by atoms with E-state index in [0.29, 0.717) is 25.9 Å². The molecule has 0 amide bonds. The van der Waals surface area contributed by atoms with E-state index in [-0.39, 0.29) is 10.7 Å². The fraction of sp³-hybridized carbons (Fsp3) is 0.500. The van der Waals surface area contributed by atoms with Crippen LogP contribution in [0.1, 0.15) is 12.8 Å². The normalized spacial score (nSPS) is 17.6. The van der Waals surface area contributed by atoms with Gasteiger partial charge in [0, 0.05) is 6.07 Å². The molecule has 8 heteroatoms. The lowest BCUT2D eigenvalue weighted by Crippen LogP contribution is -2.36. The first kappa shape index (κ1) is 12.9. The number of nitro groups is 1. The van der Waals surface area contributed by atoms with Crippen molar-refractivity contribution in [3.63, 3.8) is 0 Å². The number of rotatable bonds is 3. The van der Waals surface area contributed by atoms with Crippen LogP contribution in [0.3, 0.4) is 0 Å². The first-order valence-electron chi connectivity index (χ1n) is 5.57. The predicted octanol–water partition coefficient (Wildman–Crippen LogP) is 0.516. The molecule has 0 unspecified atom stereocenters. The molecule has 2 heterocycles. The van der Waals surface area contributed by atoms with Crippen molar-refractivity contribution in [1.82, 2.24) is 10.3 Å². The van der Waals surface area contributed by atoms with Crippen LogP contribution in [0.2, 0.25) is 0 Å². The lowest BCUT2D eigenvalue weighted by Gasteiger charge is -2.22. The van der Waals surface area contributed by atoms with Crippen LogP contribution in [0.15, 0.2) is 23.4 Å². The lowest BCUT2D eigenvalue weighted by molar-refractivity contribution is -0.385. The second-order valence-corrected chi connectivity index (χ2v) is 6.28. The van der Waals surface area contributed by atoms with Crippen LogP contribution in [-0.2, 0) is 9.84 Å². The van der Waals surface area contributed by atoms with Gasteiger partial charge in [0.05, 0.1) is 10.2 Å². The summed E-state index contributed by atoms with van der Waals surface area (Å²) in [5.41, 5.74) is -0.209. The number of sulfone groups is 1. The number of nitrogens with zero attached hydrogens (tertiary/aromatic N) is 2. The number of pyridine rings is 1. The van der Waals surface area contributed by atoms with Crippen molar-refractivity contribution in [3.05, 3.63) is 28.4 Å². The van der Waals surface area contributed by atoms with Crippen LogP contribution in [0, 0.1) is 10.1 Å². The monoisotopic (exact) mass is 271 g/mol. The highest BCUT2D eigenvalue weighted by molar-refractivity contribution is 7.92. The Hall–Kier alpha value is -1.54. The van der Waals surface area contributed by atoms with Gasteiger partial charge in [-0.15, -0.1) is 0 Å². The van der Waals surface area contributed by atoms with Crippen molar-refractivity contribution in [2.45, 2.75) is 23.1 Å². The molecule has 0 atom stereocenters. The smallest absolute Gasteiger partial charge is 0.287 e. The van der Waals surface area contributed by atoms with Crippen LogP contribution in [0.25, 0.3) is 0 Å². The molecule has 1 fully saturated rings. The minimum absolute atomic E-state index is 0.0833. The predicted molar refractivity (Wildman–Crippen MR) is 64.0 cm³/mol. The summed E-state index contributed by atoms with van der Waals surface area (Å²) in [6.45, 7) is 1.33. The highest BCUT2D eigenvalue weighted by Crippen LogP contribution is 2.21. The molecule has 2 rings (SSSR count). The Morgan fingerprint density at radius 2 is 2.00 bits per heavy atom. The maximum absolute atomic E-state index is 12.2. The summed E-state index contributed by atoms with van der Waals surface area (Å²) in [4.78, 5) is 13.6. The van der Waals surface area contributed by atoms with Crippen molar-refractivity contribution in [2.24, 2.45) is 0 Å². The van der Waals surface area contributed by atoms with Crippen molar-refractivity contribution < 1.29 is 13.3 Å². The first-order valence-corrected chi connectivity index (χ1v) is 7.11. The molecule has 1 N–H and O–H groups in total. The lowest BCUT2D eigenvalue weighted by atomic mass is 10.2. The van der Waals surface area contributed by atoms with Gasteiger partial charge in [-0.1, -0.05) is 0 Å². The molecule has 18 heavy (non-hydrogen) atoms. The van der Waals surface area contributed by atoms with Crippen LogP contribution in [-0.4, -0.2) is 36.7 Å². The Bertz CT molecular complexity index is 535. The molecule has 1 saturated heterocycles. The van der Waals surface area contributed by atoms with E-state index in [1.165, 1.54) is 12.1 Å². The Morgan fingerprint density at radius 3 is 2.50 bits per heavy atom.